The number of hydrogen-bond donors (Lipinski definition) is 0. The lowest BCUT2D eigenvalue weighted by Gasteiger charge is -2.30. The molecule has 0 N–H and O–H groups in total. The topological polar surface area (TPSA) is 30.0 Å². The molecule has 5 heteroatoms. The second-order valence-corrected chi connectivity index (χ2v) is 9.71. The molecule has 2 aliphatic carbocycles. The maximum atomic E-state index is 14.2. The molecule has 2 saturated carbocycles. The van der Waals surface area contributed by atoms with Gasteiger partial charge in [-0.1, -0.05) is 17.7 Å². The molecule has 5 rings (SSSR count). The first-order valence-corrected chi connectivity index (χ1v) is 11.3. The van der Waals surface area contributed by atoms with Crippen LogP contribution in [0.25, 0.3) is 10.9 Å². The molecule has 1 unspecified atom stereocenters. The molecule has 0 saturated heterocycles. The Hall–Kier alpha value is -2.33. The summed E-state index contributed by atoms with van der Waals surface area (Å²) in [6.07, 6.45) is 7.00. The van der Waals surface area contributed by atoms with Crippen molar-refractivity contribution in [2.24, 2.45) is 11.3 Å². The monoisotopic (exact) mass is 439 g/mol. The zero-order valence-electron chi connectivity index (χ0n) is 17.4. The van der Waals surface area contributed by atoms with Crippen molar-refractivity contribution in [2.45, 2.75) is 51.4 Å². The molecule has 1 aromatic heterocycles. The minimum absolute atomic E-state index is 0.0708. The van der Waals surface area contributed by atoms with Gasteiger partial charge in [0.1, 0.15) is 17.4 Å². The normalized spacial score (nSPS) is 25.2. The van der Waals surface area contributed by atoms with E-state index in [1.54, 1.807) is 19.1 Å². The Morgan fingerprint density at radius 3 is 2.65 bits per heavy atom. The number of ketones is 1. The summed E-state index contributed by atoms with van der Waals surface area (Å²) in [5.74, 6) is -0.0387. The highest BCUT2D eigenvalue weighted by Crippen LogP contribution is 2.63. The van der Waals surface area contributed by atoms with Crippen LogP contribution in [-0.4, -0.2) is 10.8 Å². The Morgan fingerprint density at radius 1 is 1.13 bits per heavy atom. The van der Waals surface area contributed by atoms with Crippen molar-refractivity contribution in [2.75, 3.05) is 0 Å². The first-order chi connectivity index (χ1) is 14.9. The molecular formula is C26H24ClF2NO. The van der Waals surface area contributed by atoms with Crippen LogP contribution in [0.4, 0.5) is 8.78 Å². The number of fused-ring (bicyclic) bond motifs is 1. The van der Waals surface area contributed by atoms with E-state index in [1.165, 1.54) is 17.7 Å². The zero-order valence-corrected chi connectivity index (χ0v) is 18.2. The molecule has 0 aliphatic heterocycles. The molecule has 1 spiro atoms. The number of hydrogen-bond acceptors (Lipinski definition) is 2. The minimum Gasteiger partial charge on any atom is -0.299 e. The van der Waals surface area contributed by atoms with E-state index in [2.05, 4.69) is 4.98 Å². The molecule has 2 nitrogen and oxygen atoms in total. The second kappa shape index (κ2) is 7.67. The van der Waals surface area contributed by atoms with E-state index >= 15 is 0 Å². The van der Waals surface area contributed by atoms with Gasteiger partial charge in [-0.05, 0) is 97.4 Å². The first kappa shape index (κ1) is 20.6. The highest BCUT2D eigenvalue weighted by atomic mass is 35.5. The third-order valence-electron chi connectivity index (χ3n) is 7.42. The van der Waals surface area contributed by atoms with Gasteiger partial charge >= 0.3 is 0 Å². The third kappa shape index (κ3) is 3.76. The number of halogens is 3. The van der Waals surface area contributed by atoms with Crippen LogP contribution in [0.15, 0.2) is 42.6 Å². The van der Waals surface area contributed by atoms with E-state index in [4.69, 9.17) is 11.6 Å². The predicted octanol–water partition coefficient (Wildman–Crippen LogP) is 6.95. The van der Waals surface area contributed by atoms with E-state index in [0.717, 1.165) is 43.0 Å². The first-order valence-electron chi connectivity index (χ1n) is 10.9. The number of carbonyl (C=O) groups is 1. The highest BCUT2D eigenvalue weighted by molar-refractivity contribution is 6.30. The Kier molecular flexibility index (Phi) is 5.09. The number of rotatable bonds is 4. The molecule has 1 atom stereocenters. The molecule has 1 heterocycles. The number of Topliss-reactive ketones (excluding diaryl/α,β-unsaturated/α-hetero) is 1. The van der Waals surface area contributed by atoms with E-state index < -0.39 is 5.82 Å². The van der Waals surface area contributed by atoms with Crippen molar-refractivity contribution in [1.82, 2.24) is 4.98 Å². The van der Waals surface area contributed by atoms with Crippen molar-refractivity contribution in [1.29, 1.82) is 0 Å². The van der Waals surface area contributed by atoms with Gasteiger partial charge < -0.3 is 0 Å². The fourth-order valence-electron chi connectivity index (χ4n) is 5.48. The average Bonchev–Trinajstić information content (AvgIpc) is 3.45. The summed E-state index contributed by atoms with van der Waals surface area (Å²) in [5, 5.41) is 0.982. The Labute approximate surface area is 185 Å². The molecule has 3 aromatic rings. The van der Waals surface area contributed by atoms with Gasteiger partial charge in [-0.25, -0.2) is 8.78 Å². The molecular weight excluding hydrogens is 416 g/mol. The van der Waals surface area contributed by atoms with E-state index in [0.29, 0.717) is 17.0 Å². The maximum Gasteiger partial charge on any atom is 0.142 e. The Balaban J connectivity index is 1.27. The van der Waals surface area contributed by atoms with Gasteiger partial charge in [-0.15, -0.1) is 0 Å². The van der Waals surface area contributed by atoms with Crippen molar-refractivity contribution >= 4 is 28.3 Å². The van der Waals surface area contributed by atoms with Crippen LogP contribution in [0.1, 0.15) is 54.7 Å². The fourth-order valence-corrected chi connectivity index (χ4v) is 5.60. The predicted molar refractivity (Wildman–Crippen MR) is 118 cm³/mol. The van der Waals surface area contributed by atoms with Crippen molar-refractivity contribution in [3.8, 4) is 0 Å². The van der Waals surface area contributed by atoms with Crippen molar-refractivity contribution in [3.63, 3.8) is 0 Å². The summed E-state index contributed by atoms with van der Waals surface area (Å²) in [6.45, 7) is 1.76. The van der Waals surface area contributed by atoms with Crippen LogP contribution in [0.5, 0.6) is 0 Å². The van der Waals surface area contributed by atoms with Gasteiger partial charge in [0, 0.05) is 23.9 Å². The number of benzene rings is 2. The Morgan fingerprint density at radius 2 is 1.90 bits per heavy atom. The maximum absolute atomic E-state index is 14.2. The minimum atomic E-state index is -0.478. The molecule has 0 bridgehead atoms. The number of pyridine rings is 1. The largest absolute Gasteiger partial charge is 0.299 e. The van der Waals surface area contributed by atoms with Crippen LogP contribution in [0, 0.1) is 29.9 Å². The lowest BCUT2D eigenvalue weighted by molar-refractivity contribution is -0.120. The second-order valence-electron chi connectivity index (χ2n) is 9.30. The van der Waals surface area contributed by atoms with Gasteiger partial charge in [0.05, 0.1) is 10.5 Å². The smallest absolute Gasteiger partial charge is 0.142 e. The fraction of sp³-hybridized carbons (Fsp3) is 0.385. The quantitative estimate of drug-likeness (QED) is 0.440. The van der Waals surface area contributed by atoms with Gasteiger partial charge in [0.25, 0.3) is 0 Å². The average molecular weight is 440 g/mol. The molecule has 31 heavy (non-hydrogen) atoms. The lowest BCUT2D eigenvalue weighted by atomic mass is 9.74. The summed E-state index contributed by atoms with van der Waals surface area (Å²) >= 11 is 5.74. The van der Waals surface area contributed by atoms with Crippen LogP contribution < -0.4 is 0 Å². The number of aromatic nitrogens is 1. The van der Waals surface area contributed by atoms with Gasteiger partial charge in [-0.2, -0.15) is 0 Å². The molecule has 2 aliphatic rings. The van der Waals surface area contributed by atoms with Gasteiger partial charge in [0.2, 0.25) is 0 Å². The number of aryl methyl sites for hydroxylation is 1. The van der Waals surface area contributed by atoms with E-state index in [1.807, 2.05) is 18.3 Å². The standard InChI is InChI=1S/C26H24ClF2NO/c1-15-10-24-19(13-22(15)28)18(6-9-30-24)17-4-7-26(8-5-17)14-20(26)25(31)12-16-2-3-21(27)23(29)11-16/h2-3,6,9-11,13,17,20H,4-5,7-8,12,14H2,1H3. The zero-order chi connectivity index (χ0) is 21.8. The molecule has 2 fully saturated rings. The Bertz CT molecular complexity index is 1180. The van der Waals surface area contributed by atoms with Gasteiger partial charge in [-0.3, -0.25) is 9.78 Å². The van der Waals surface area contributed by atoms with Crippen LogP contribution >= 0.6 is 11.6 Å². The number of nitrogens with zero attached hydrogens (tertiary/aromatic N) is 1. The highest BCUT2D eigenvalue weighted by Gasteiger charge is 2.57. The van der Waals surface area contributed by atoms with Crippen LogP contribution in [0.2, 0.25) is 5.02 Å². The third-order valence-corrected chi connectivity index (χ3v) is 7.72. The summed E-state index contributed by atoms with van der Waals surface area (Å²) in [6, 6.07) is 10.0. The summed E-state index contributed by atoms with van der Waals surface area (Å²) in [7, 11) is 0. The molecule has 0 amide bonds. The van der Waals surface area contributed by atoms with Crippen LogP contribution in [0.3, 0.4) is 0 Å². The summed E-state index contributed by atoms with van der Waals surface area (Å²) < 4.78 is 27.9. The van der Waals surface area contributed by atoms with E-state index in [-0.39, 0.29) is 34.4 Å². The lowest BCUT2D eigenvalue weighted by Crippen LogP contribution is -2.20. The van der Waals surface area contributed by atoms with Gasteiger partial charge in [0.15, 0.2) is 0 Å². The molecule has 0 radical (unpaired) electrons. The van der Waals surface area contributed by atoms with Crippen molar-refractivity contribution in [3.05, 3.63) is 75.9 Å². The van der Waals surface area contributed by atoms with Crippen molar-refractivity contribution < 1.29 is 13.6 Å². The summed E-state index contributed by atoms with van der Waals surface area (Å²) in [5.41, 5.74) is 3.40. The summed E-state index contributed by atoms with van der Waals surface area (Å²) in [4.78, 5) is 17.3. The number of carbonyl (C=O) groups excluding carboxylic acids is 1. The SMILES string of the molecule is Cc1cc2nccc(C3CCC4(CC3)CC4C(=O)Cc3ccc(Cl)c(F)c3)c2cc1F. The molecule has 160 valence electrons. The molecule has 2 aromatic carbocycles. The van der Waals surface area contributed by atoms with Crippen LogP contribution in [-0.2, 0) is 11.2 Å². The van der Waals surface area contributed by atoms with E-state index in [9.17, 15) is 13.6 Å².